The van der Waals surface area contributed by atoms with Crippen molar-refractivity contribution in [3.8, 4) is 0 Å². The van der Waals surface area contributed by atoms with Gasteiger partial charge in [0.1, 0.15) is 0 Å². The normalized spacial score (nSPS) is 14.4. The van der Waals surface area contributed by atoms with E-state index in [0.29, 0.717) is 0 Å². The van der Waals surface area contributed by atoms with Gasteiger partial charge in [0, 0.05) is 6.54 Å². The minimum absolute atomic E-state index is 1.03. The van der Waals surface area contributed by atoms with E-state index in [1.165, 1.54) is 35.1 Å². The Balaban J connectivity index is 1.97. The third-order valence-electron chi connectivity index (χ3n) is 4.08. The highest BCUT2D eigenvalue weighted by Gasteiger charge is 2.12. The molecule has 0 amide bonds. The first-order valence-electron chi connectivity index (χ1n) is 8.54. The maximum absolute atomic E-state index is 3.55. The van der Waals surface area contributed by atoms with E-state index in [1.54, 1.807) is 0 Å². The van der Waals surface area contributed by atoms with Crippen LogP contribution in [0.15, 0.2) is 42.0 Å². The molecule has 1 aromatic carbocycles. The van der Waals surface area contributed by atoms with Crippen molar-refractivity contribution in [2.24, 2.45) is 0 Å². The molecule has 2 nitrogen and oxygen atoms in total. The summed E-state index contributed by atoms with van der Waals surface area (Å²) in [5.74, 6) is 0. The topological polar surface area (TPSA) is 15.3 Å². The second-order valence-electron chi connectivity index (χ2n) is 6.40. The molecule has 2 rings (SSSR count). The minimum atomic E-state index is 1.03. The molecule has 1 aliphatic carbocycles. The molecule has 2 heteroatoms. The number of nitrogens with one attached hydrogen (secondary N) is 1. The predicted molar refractivity (Wildman–Crippen MR) is 97.2 cm³/mol. The van der Waals surface area contributed by atoms with Crippen LogP contribution in [0.4, 0.5) is 0 Å². The number of rotatable bonds is 9. The van der Waals surface area contributed by atoms with Crippen LogP contribution in [-0.4, -0.2) is 38.6 Å². The predicted octanol–water partition coefficient (Wildman–Crippen LogP) is 3.89. The van der Waals surface area contributed by atoms with Gasteiger partial charge in [-0.1, -0.05) is 49.8 Å². The molecular weight excluding hydrogens is 268 g/mol. The zero-order valence-corrected chi connectivity index (χ0v) is 14.4. The molecule has 1 N–H and O–H groups in total. The molecule has 1 aromatic rings. The van der Waals surface area contributed by atoms with Gasteiger partial charge in [0.05, 0.1) is 0 Å². The summed E-state index contributed by atoms with van der Waals surface area (Å²) in [4.78, 5) is 2.23. The average Bonchev–Trinajstić information content (AvgIpc) is 2.95. The molecule has 0 saturated heterocycles. The largest absolute Gasteiger partial charge is 0.316 e. The van der Waals surface area contributed by atoms with Crippen LogP contribution in [0.3, 0.4) is 0 Å². The van der Waals surface area contributed by atoms with Crippen molar-refractivity contribution in [1.82, 2.24) is 10.2 Å². The van der Waals surface area contributed by atoms with Gasteiger partial charge in [-0.05, 0) is 68.7 Å². The van der Waals surface area contributed by atoms with E-state index >= 15 is 0 Å². The first-order valence-corrected chi connectivity index (χ1v) is 8.54. The molecule has 0 bridgehead atoms. The van der Waals surface area contributed by atoms with Crippen molar-refractivity contribution in [2.75, 3.05) is 33.7 Å². The van der Waals surface area contributed by atoms with E-state index in [2.05, 4.69) is 67.7 Å². The molecule has 120 valence electrons. The number of unbranched alkanes of at least 4 members (excludes halogenated alkanes) is 1. The first-order chi connectivity index (χ1) is 10.7. The van der Waals surface area contributed by atoms with Gasteiger partial charge in [-0.2, -0.15) is 0 Å². The quantitative estimate of drug-likeness (QED) is 0.696. The van der Waals surface area contributed by atoms with E-state index in [9.17, 15) is 0 Å². The molecule has 0 unspecified atom stereocenters. The smallest absolute Gasteiger partial charge is 0.0224 e. The molecule has 0 aliphatic heterocycles. The van der Waals surface area contributed by atoms with Gasteiger partial charge in [-0.25, -0.2) is 0 Å². The van der Waals surface area contributed by atoms with Crippen LogP contribution in [0, 0.1) is 0 Å². The van der Waals surface area contributed by atoms with Crippen molar-refractivity contribution >= 4 is 5.57 Å². The molecule has 0 spiro atoms. The van der Waals surface area contributed by atoms with Crippen molar-refractivity contribution in [2.45, 2.75) is 32.6 Å². The van der Waals surface area contributed by atoms with Crippen LogP contribution in [-0.2, 0) is 6.42 Å². The summed E-state index contributed by atoms with van der Waals surface area (Å²) >= 11 is 0. The monoisotopic (exact) mass is 298 g/mol. The Kier molecular flexibility index (Phi) is 6.88. The second kappa shape index (κ2) is 8.92. The maximum Gasteiger partial charge on any atom is 0.0224 e. The van der Waals surface area contributed by atoms with Gasteiger partial charge in [0.25, 0.3) is 0 Å². The Morgan fingerprint density at radius 3 is 2.73 bits per heavy atom. The summed E-state index contributed by atoms with van der Waals surface area (Å²) in [5, 5.41) is 3.55. The summed E-state index contributed by atoms with van der Waals surface area (Å²) in [6.07, 6.45) is 9.46. The summed E-state index contributed by atoms with van der Waals surface area (Å²) in [6.45, 7) is 5.48. The molecule has 0 saturated carbocycles. The first kappa shape index (κ1) is 17.0. The lowest BCUT2D eigenvalue weighted by Gasteiger charge is -2.11. The van der Waals surface area contributed by atoms with E-state index < -0.39 is 0 Å². The molecule has 0 atom stereocenters. The molecular formula is C20H30N2. The SMILES string of the molecule is CCCCNCCc1ccccc1C1=CC(CN(C)C)=CC1. The van der Waals surface area contributed by atoms with Gasteiger partial charge < -0.3 is 10.2 Å². The minimum Gasteiger partial charge on any atom is -0.316 e. The maximum atomic E-state index is 3.55. The van der Waals surface area contributed by atoms with Gasteiger partial charge >= 0.3 is 0 Å². The Morgan fingerprint density at radius 1 is 1.14 bits per heavy atom. The summed E-state index contributed by atoms with van der Waals surface area (Å²) in [7, 11) is 4.26. The number of hydrogen-bond acceptors (Lipinski definition) is 2. The van der Waals surface area contributed by atoms with E-state index in [1.807, 2.05) is 0 Å². The molecule has 1 aliphatic rings. The van der Waals surface area contributed by atoms with Gasteiger partial charge in [-0.15, -0.1) is 0 Å². The van der Waals surface area contributed by atoms with Crippen molar-refractivity contribution < 1.29 is 0 Å². The number of likely N-dealkylation sites (N-methyl/N-ethyl adjacent to an activating group) is 1. The zero-order valence-electron chi connectivity index (χ0n) is 14.4. The van der Waals surface area contributed by atoms with Gasteiger partial charge in [0.2, 0.25) is 0 Å². The zero-order chi connectivity index (χ0) is 15.8. The third kappa shape index (κ3) is 5.11. The molecule has 0 aromatic heterocycles. The van der Waals surface area contributed by atoms with Gasteiger partial charge in [0.15, 0.2) is 0 Å². The van der Waals surface area contributed by atoms with Crippen LogP contribution in [0.5, 0.6) is 0 Å². The molecule has 0 radical (unpaired) electrons. The van der Waals surface area contributed by atoms with Gasteiger partial charge in [-0.3, -0.25) is 0 Å². The highest BCUT2D eigenvalue weighted by Crippen LogP contribution is 2.29. The van der Waals surface area contributed by atoms with Crippen LogP contribution in [0.25, 0.3) is 5.57 Å². The molecule has 0 fully saturated rings. The Hall–Kier alpha value is -1.38. The second-order valence-corrected chi connectivity index (χ2v) is 6.40. The van der Waals surface area contributed by atoms with Crippen molar-refractivity contribution in [3.63, 3.8) is 0 Å². The highest BCUT2D eigenvalue weighted by molar-refractivity contribution is 5.74. The summed E-state index contributed by atoms with van der Waals surface area (Å²) in [6, 6.07) is 8.88. The highest BCUT2D eigenvalue weighted by atomic mass is 15.0. The Morgan fingerprint density at radius 2 is 1.95 bits per heavy atom. The van der Waals surface area contributed by atoms with Crippen LogP contribution >= 0.6 is 0 Å². The van der Waals surface area contributed by atoms with Crippen molar-refractivity contribution in [1.29, 1.82) is 0 Å². The third-order valence-corrected chi connectivity index (χ3v) is 4.08. The standard InChI is InChI=1S/C20H30N2/c1-4-5-13-21-14-12-18-8-6-7-9-20(18)19-11-10-17(15-19)16-22(2)3/h6-10,15,21H,4-5,11-14,16H2,1-3H3. The lowest BCUT2D eigenvalue weighted by Crippen LogP contribution is -2.18. The summed E-state index contributed by atoms with van der Waals surface area (Å²) < 4.78 is 0. The van der Waals surface area contributed by atoms with Crippen molar-refractivity contribution in [3.05, 3.63) is 53.1 Å². The lowest BCUT2D eigenvalue weighted by molar-refractivity contribution is 0.449. The van der Waals surface area contributed by atoms with E-state index in [0.717, 1.165) is 32.5 Å². The van der Waals surface area contributed by atoms with E-state index in [4.69, 9.17) is 0 Å². The van der Waals surface area contributed by atoms with Crippen LogP contribution in [0.2, 0.25) is 0 Å². The fourth-order valence-corrected chi connectivity index (χ4v) is 2.95. The molecule has 0 heterocycles. The fourth-order valence-electron chi connectivity index (χ4n) is 2.95. The van der Waals surface area contributed by atoms with Crippen LogP contribution < -0.4 is 5.32 Å². The number of nitrogens with zero attached hydrogens (tertiary/aromatic N) is 1. The van der Waals surface area contributed by atoms with Crippen LogP contribution in [0.1, 0.15) is 37.3 Å². The molecule has 22 heavy (non-hydrogen) atoms. The number of benzene rings is 1. The summed E-state index contributed by atoms with van der Waals surface area (Å²) in [5.41, 5.74) is 5.82. The fraction of sp³-hybridized carbons (Fsp3) is 0.500. The average molecular weight is 298 g/mol. The Labute approximate surface area is 135 Å². The number of hydrogen-bond donors (Lipinski definition) is 1. The number of allylic oxidation sites excluding steroid dienone is 2. The lowest BCUT2D eigenvalue weighted by atomic mass is 9.97. The Bertz CT molecular complexity index is 526. The van der Waals surface area contributed by atoms with E-state index in [-0.39, 0.29) is 0 Å².